The molecule has 2 fully saturated rings. The van der Waals surface area contributed by atoms with Gasteiger partial charge in [0.2, 0.25) is 5.88 Å². The maximum absolute atomic E-state index is 5.89. The highest BCUT2D eigenvalue weighted by molar-refractivity contribution is 6.30. The molecule has 2 aromatic rings. The van der Waals surface area contributed by atoms with Crippen LogP contribution in [-0.4, -0.2) is 35.6 Å². The van der Waals surface area contributed by atoms with Crippen LogP contribution in [0.25, 0.3) is 0 Å². The fourth-order valence-electron chi connectivity index (χ4n) is 3.80. The minimum atomic E-state index is 0.228. The van der Waals surface area contributed by atoms with Gasteiger partial charge in [-0.25, -0.2) is 10.3 Å². The number of piperazine rings is 1. The van der Waals surface area contributed by atoms with E-state index < -0.39 is 0 Å². The zero-order valence-electron chi connectivity index (χ0n) is 14.3. The predicted octanol–water partition coefficient (Wildman–Crippen LogP) is 4.43. The summed E-state index contributed by atoms with van der Waals surface area (Å²) >= 11 is 5.89. The number of pyridine rings is 1. The molecular weight excluding hydrogens is 334 g/mol. The van der Waals surface area contributed by atoms with Crippen molar-refractivity contribution < 1.29 is 4.74 Å². The van der Waals surface area contributed by atoms with E-state index in [1.807, 2.05) is 36.5 Å². The van der Waals surface area contributed by atoms with Crippen LogP contribution in [0, 0.1) is 0 Å². The molecule has 1 aromatic heterocycles. The molecule has 1 aromatic carbocycles. The molecule has 0 N–H and O–H groups in total. The summed E-state index contributed by atoms with van der Waals surface area (Å²) in [5.41, 5.74) is 1.17. The number of rotatable bonds is 4. The van der Waals surface area contributed by atoms with Crippen LogP contribution in [0.2, 0.25) is 5.02 Å². The Hall–Kier alpha value is -1.62. The molecule has 1 aliphatic heterocycles. The minimum absolute atomic E-state index is 0.228. The number of benzene rings is 1. The molecule has 1 radical (unpaired) electrons. The molecule has 0 spiro atoms. The maximum Gasteiger partial charge on any atom is 0.219 e. The second kappa shape index (κ2) is 7.73. The van der Waals surface area contributed by atoms with E-state index in [-0.39, 0.29) is 6.04 Å². The van der Waals surface area contributed by atoms with Gasteiger partial charge in [0, 0.05) is 43.0 Å². The van der Waals surface area contributed by atoms with E-state index in [0.29, 0.717) is 10.9 Å². The van der Waals surface area contributed by atoms with Crippen LogP contribution in [0.5, 0.6) is 11.6 Å². The van der Waals surface area contributed by atoms with Crippen LogP contribution in [0.15, 0.2) is 42.6 Å². The van der Waals surface area contributed by atoms with Crippen LogP contribution in [0.1, 0.15) is 37.3 Å². The zero-order chi connectivity index (χ0) is 17.1. The molecule has 2 aliphatic rings. The minimum Gasteiger partial charge on any atom is -0.439 e. The number of nitrogens with zero attached hydrogens (tertiary/aromatic N) is 3. The van der Waals surface area contributed by atoms with Gasteiger partial charge < -0.3 is 4.74 Å². The van der Waals surface area contributed by atoms with E-state index in [2.05, 4.69) is 16.0 Å². The van der Waals surface area contributed by atoms with E-state index in [1.165, 1.54) is 31.2 Å². The summed E-state index contributed by atoms with van der Waals surface area (Å²) in [6.45, 7) is 3.04. The first-order valence-corrected chi connectivity index (χ1v) is 9.46. The van der Waals surface area contributed by atoms with Crippen LogP contribution < -0.4 is 10.1 Å². The van der Waals surface area contributed by atoms with Crippen LogP contribution in [0.4, 0.5) is 0 Å². The third-order valence-corrected chi connectivity index (χ3v) is 5.42. The molecule has 4 rings (SSSR count). The Bertz CT molecular complexity index is 683. The highest BCUT2D eigenvalue weighted by Crippen LogP contribution is 2.28. The molecule has 0 amide bonds. The van der Waals surface area contributed by atoms with Gasteiger partial charge in [0.25, 0.3) is 0 Å². The fourth-order valence-corrected chi connectivity index (χ4v) is 3.92. The second-order valence-electron chi connectivity index (χ2n) is 6.84. The lowest BCUT2D eigenvalue weighted by molar-refractivity contribution is 0.143. The van der Waals surface area contributed by atoms with Crippen molar-refractivity contribution in [3.63, 3.8) is 0 Å². The topological polar surface area (TPSA) is 39.5 Å². The summed E-state index contributed by atoms with van der Waals surface area (Å²) in [6.07, 6.45) is 7.35. The lowest BCUT2D eigenvalue weighted by atomic mass is 10.0. The van der Waals surface area contributed by atoms with Crippen LogP contribution in [-0.2, 0) is 0 Å². The average Bonchev–Trinajstić information content (AvgIpc) is 3.19. The first-order chi connectivity index (χ1) is 12.3. The number of ether oxygens (including phenoxy) is 1. The largest absolute Gasteiger partial charge is 0.439 e. The third-order valence-electron chi connectivity index (χ3n) is 5.17. The van der Waals surface area contributed by atoms with Gasteiger partial charge in [-0.2, -0.15) is 0 Å². The molecule has 131 valence electrons. The summed E-state index contributed by atoms with van der Waals surface area (Å²) in [4.78, 5) is 7.09. The van der Waals surface area contributed by atoms with Gasteiger partial charge in [-0.3, -0.25) is 4.90 Å². The molecule has 1 aliphatic carbocycles. The van der Waals surface area contributed by atoms with Crippen molar-refractivity contribution in [1.82, 2.24) is 15.2 Å². The molecule has 1 unspecified atom stereocenters. The van der Waals surface area contributed by atoms with Crippen molar-refractivity contribution >= 4 is 11.6 Å². The molecule has 2 heterocycles. The van der Waals surface area contributed by atoms with E-state index in [4.69, 9.17) is 21.7 Å². The fraction of sp³-hybridized carbons (Fsp3) is 0.450. The smallest absolute Gasteiger partial charge is 0.219 e. The average molecular weight is 357 g/mol. The molecule has 1 atom stereocenters. The van der Waals surface area contributed by atoms with Gasteiger partial charge in [-0.05, 0) is 42.7 Å². The Morgan fingerprint density at radius 3 is 2.56 bits per heavy atom. The van der Waals surface area contributed by atoms with Crippen LogP contribution in [0.3, 0.4) is 0 Å². The molecule has 1 saturated heterocycles. The number of halogens is 1. The highest BCUT2D eigenvalue weighted by Gasteiger charge is 2.29. The first-order valence-electron chi connectivity index (χ1n) is 9.08. The van der Waals surface area contributed by atoms with E-state index in [1.54, 1.807) is 0 Å². The number of hydrogen-bond acceptors (Lipinski definition) is 3. The standard InChI is InChI=1S/C20H23ClN3O/c21-16-6-8-18(9-7-16)25-20-10-5-15(13-23-20)19-14-24(12-11-22-19)17-3-1-2-4-17/h5-10,13,17,19H,1-4,11-12,14H2. The summed E-state index contributed by atoms with van der Waals surface area (Å²) in [5, 5.41) is 5.50. The van der Waals surface area contributed by atoms with Crippen molar-refractivity contribution in [3.8, 4) is 11.6 Å². The number of hydrogen-bond donors (Lipinski definition) is 0. The Morgan fingerprint density at radius 1 is 1.04 bits per heavy atom. The van der Waals surface area contributed by atoms with Crippen LogP contribution >= 0.6 is 11.6 Å². The monoisotopic (exact) mass is 356 g/mol. The van der Waals surface area contributed by atoms with Crippen molar-refractivity contribution in [1.29, 1.82) is 0 Å². The van der Waals surface area contributed by atoms with Gasteiger partial charge in [0.05, 0.1) is 6.04 Å². The third kappa shape index (κ3) is 4.14. The Kier molecular flexibility index (Phi) is 5.20. The van der Waals surface area contributed by atoms with E-state index in [0.717, 1.165) is 31.4 Å². The molecule has 5 heteroatoms. The summed E-state index contributed by atoms with van der Waals surface area (Å²) in [6, 6.07) is 12.3. The van der Waals surface area contributed by atoms with Gasteiger partial charge in [0.1, 0.15) is 5.75 Å². The maximum atomic E-state index is 5.89. The molecule has 1 saturated carbocycles. The molecular formula is C20H23ClN3O. The van der Waals surface area contributed by atoms with E-state index >= 15 is 0 Å². The lowest BCUT2D eigenvalue weighted by Gasteiger charge is -2.36. The molecule has 25 heavy (non-hydrogen) atoms. The molecule has 4 nitrogen and oxygen atoms in total. The summed E-state index contributed by atoms with van der Waals surface area (Å²) < 4.78 is 5.77. The predicted molar refractivity (Wildman–Crippen MR) is 99.3 cm³/mol. The van der Waals surface area contributed by atoms with Crippen molar-refractivity contribution in [2.24, 2.45) is 0 Å². The quantitative estimate of drug-likeness (QED) is 0.813. The van der Waals surface area contributed by atoms with Crippen molar-refractivity contribution in [3.05, 3.63) is 53.2 Å². The van der Waals surface area contributed by atoms with Gasteiger partial charge in [0.15, 0.2) is 0 Å². The van der Waals surface area contributed by atoms with Gasteiger partial charge >= 0.3 is 0 Å². The van der Waals surface area contributed by atoms with Crippen molar-refractivity contribution in [2.45, 2.75) is 37.8 Å². The normalized spacial score (nSPS) is 22.2. The zero-order valence-corrected chi connectivity index (χ0v) is 15.0. The Balaban J connectivity index is 1.40. The van der Waals surface area contributed by atoms with Crippen molar-refractivity contribution in [2.75, 3.05) is 19.6 Å². The Labute approximate surface area is 154 Å². The Morgan fingerprint density at radius 2 is 1.84 bits per heavy atom. The first kappa shape index (κ1) is 16.8. The number of aromatic nitrogens is 1. The highest BCUT2D eigenvalue weighted by atomic mass is 35.5. The lowest BCUT2D eigenvalue weighted by Crippen LogP contribution is -2.46. The van der Waals surface area contributed by atoms with E-state index in [9.17, 15) is 0 Å². The second-order valence-corrected chi connectivity index (χ2v) is 7.28. The van der Waals surface area contributed by atoms with Gasteiger partial charge in [-0.1, -0.05) is 30.5 Å². The summed E-state index contributed by atoms with van der Waals surface area (Å²) in [7, 11) is 0. The SMILES string of the molecule is Clc1ccc(Oc2ccc(C3CN(C4CCCC4)CC[N]3)cn2)cc1. The molecule has 0 bridgehead atoms. The van der Waals surface area contributed by atoms with Gasteiger partial charge in [-0.15, -0.1) is 0 Å². The summed E-state index contributed by atoms with van der Waals surface area (Å²) in [5.74, 6) is 1.33.